The van der Waals surface area contributed by atoms with Crippen LogP contribution in [0.2, 0.25) is 0 Å². The number of imide groups is 1. The number of piperidine rings is 1. The Morgan fingerprint density at radius 2 is 1.81 bits per heavy atom. The Morgan fingerprint density at radius 3 is 2.39 bits per heavy atom. The first-order valence-corrected chi connectivity index (χ1v) is 10.5. The number of ether oxygens (including phenoxy) is 1. The molecule has 31 heavy (non-hydrogen) atoms. The number of nitrogens with zero attached hydrogens (tertiary/aromatic N) is 2. The fourth-order valence-corrected chi connectivity index (χ4v) is 4.69. The van der Waals surface area contributed by atoms with Crippen LogP contribution >= 0.6 is 0 Å². The molecule has 0 radical (unpaired) electrons. The lowest BCUT2D eigenvalue weighted by Crippen LogP contribution is -2.60. The summed E-state index contributed by atoms with van der Waals surface area (Å²) in [4.78, 5) is 39.1. The number of carbonyl (C=O) groups is 3. The zero-order chi connectivity index (χ0) is 22.6. The fraction of sp³-hybridized carbons (Fsp3) is 0.591. The van der Waals surface area contributed by atoms with Gasteiger partial charge in [-0.05, 0) is 45.7 Å². The summed E-state index contributed by atoms with van der Waals surface area (Å²) in [5.41, 5.74) is -0.534. The summed E-state index contributed by atoms with van der Waals surface area (Å²) in [6, 6.07) is 2.51. The lowest BCUT2D eigenvalue weighted by molar-refractivity contribution is -0.134. The second-order valence-electron chi connectivity index (χ2n) is 9.83. The highest BCUT2D eigenvalue weighted by Gasteiger charge is 2.50. The van der Waals surface area contributed by atoms with Crippen molar-refractivity contribution >= 4 is 23.6 Å². The molecule has 7 nitrogen and oxygen atoms in total. The van der Waals surface area contributed by atoms with Gasteiger partial charge in [-0.15, -0.1) is 0 Å². The molecule has 3 amide bonds. The van der Waals surface area contributed by atoms with Gasteiger partial charge in [-0.25, -0.2) is 13.6 Å². The third-order valence-electron chi connectivity index (χ3n) is 6.16. The maximum Gasteiger partial charge on any atom is 0.410 e. The average molecular weight is 435 g/mol. The molecule has 168 valence electrons. The van der Waals surface area contributed by atoms with Crippen LogP contribution in [0.5, 0.6) is 0 Å². The maximum absolute atomic E-state index is 14.8. The number of hydrogen-bond donors (Lipinski definition) is 1. The van der Waals surface area contributed by atoms with Crippen LogP contribution in [-0.2, 0) is 14.3 Å². The van der Waals surface area contributed by atoms with Crippen LogP contribution in [-0.4, -0.2) is 54.6 Å². The highest BCUT2D eigenvalue weighted by Crippen LogP contribution is 2.42. The highest BCUT2D eigenvalue weighted by atomic mass is 19.1. The second kappa shape index (κ2) is 7.46. The molecule has 1 aromatic rings. The Bertz CT molecular complexity index is 914. The summed E-state index contributed by atoms with van der Waals surface area (Å²) >= 11 is 0. The van der Waals surface area contributed by atoms with Gasteiger partial charge in [-0.1, -0.05) is 0 Å². The van der Waals surface area contributed by atoms with E-state index in [0.29, 0.717) is 31.9 Å². The predicted molar refractivity (Wildman–Crippen MR) is 109 cm³/mol. The highest BCUT2D eigenvalue weighted by molar-refractivity contribution is 6.01. The van der Waals surface area contributed by atoms with Crippen LogP contribution in [0.4, 0.5) is 19.3 Å². The van der Waals surface area contributed by atoms with E-state index in [2.05, 4.69) is 5.32 Å². The van der Waals surface area contributed by atoms with Gasteiger partial charge in [0.25, 0.3) is 0 Å². The summed E-state index contributed by atoms with van der Waals surface area (Å²) in [6.07, 6.45) is 0.609. The molecule has 1 N–H and O–H groups in total. The summed E-state index contributed by atoms with van der Waals surface area (Å²) in [6.45, 7) is 7.77. The predicted octanol–water partition coefficient (Wildman–Crippen LogP) is 2.93. The summed E-state index contributed by atoms with van der Waals surface area (Å²) in [7, 11) is 0. The van der Waals surface area contributed by atoms with Crippen LogP contribution in [0.1, 0.15) is 51.5 Å². The van der Waals surface area contributed by atoms with Crippen LogP contribution in [0.15, 0.2) is 12.1 Å². The molecule has 0 saturated carbocycles. The van der Waals surface area contributed by atoms with Crippen LogP contribution < -0.4 is 10.2 Å². The molecule has 0 bridgehead atoms. The second-order valence-corrected chi connectivity index (χ2v) is 9.83. The zero-order valence-electron chi connectivity index (χ0n) is 18.0. The molecule has 9 heteroatoms. The topological polar surface area (TPSA) is 79.0 Å². The van der Waals surface area contributed by atoms with Gasteiger partial charge < -0.3 is 14.5 Å². The third kappa shape index (κ3) is 4.22. The van der Waals surface area contributed by atoms with E-state index in [1.807, 2.05) is 25.7 Å². The molecule has 0 aromatic heterocycles. The Kier molecular flexibility index (Phi) is 5.18. The first kappa shape index (κ1) is 21.5. The lowest BCUT2D eigenvalue weighted by atomic mass is 9.79. The molecule has 3 heterocycles. The SMILES string of the molecule is CC(C)(C)OC(=O)N1CC2(CCN(c3cc(F)c(C4CCC(=O)NC4=O)c(F)c3)C2)C1. The van der Waals surface area contributed by atoms with Gasteiger partial charge in [-0.2, -0.15) is 0 Å². The first-order chi connectivity index (χ1) is 14.5. The van der Waals surface area contributed by atoms with Gasteiger partial charge in [0.05, 0.1) is 5.92 Å². The standard InChI is InChI=1S/C22H27F2N3O4/c1-21(2,3)31-20(30)27-11-22(12-27)6-7-26(10-22)13-8-15(23)18(16(24)9-13)14-4-5-17(28)25-19(14)29/h8-9,14H,4-7,10-12H2,1-3H3,(H,25,28,29). The monoisotopic (exact) mass is 435 g/mol. The number of likely N-dealkylation sites (tertiary alicyclic amines) is 1. The maximum atomic E-state index is 14.8. The fourth-order valence-electron chi connectivity index (χ4n) is 4.69. The molecule has 1 atom stereocenters. The van der Waals surface area contributed by atoms with E-state index < -0.39 is 35.0 Å². The Morgan fingerprint density at radius 1 is 1.16 bits per heavy atom. The van der Waals surface area contributed by atoms with E-state index in [0.717, 1.165) is 6.42 Å². The van der Waals surface area contributed by atoms with E-state index in [-0.39, 0.29) is 29.9 Å². The minimum absolute atomic E-state index is 0.0554. The number of anilines is 1. The van der Waals surface area contributed by atoms with Crippen molar-refractivity contribution in [3.63, 3.8) is 0 Å². The Labute approximate surface area is 179 Å². The Hall–Kier alpha value is -2.71. The van der Waals surface area contributed by atoms with Gasteiger partial charge in [-0.3, -0.25) is 14.9 Å². The zero-order valence-corrected chi connectivity index (χ0v) is 18.0. The van der Waals surface area contributed by atoms with E-state index >= 15 is 0 Å². The molecule has 0 aliphatic carbocycles. The number of carbonyl (C=O) groups excluding carboxylic acids is 3. The normalized spacial score (nSPS) is 23.1. The van der Waals surface area contributed by atoms with Crippen LogP contribution in [0.3, 0.4) is 0 Å². The number of rotatable bonds is 2. The number of benzene rings is 1. The number of hydrogen-bond acceptors (Lipinski definition) is 5. The van der Waals surface area contributed by atoms with Gasteiger partial charge in [0, 0.05) is 49.3 Å². The lowest BCUT2D eigenvalue weighted by Gasteiger charge is -2.47. The van der Waals surface area contributed by atoms with Crippen molar-refractivity contribution in [1.29, 1.82) is 0 Å². The molecular formula is C22H27F2N3O4. The van der Waals surface area contributed by atoms with Crippen molar-refractivity contribution in [2.45, 2.75) is 51.6 Å². The van der Waals surface area contributed by atoms with E-state index in [4.69, 9.17) is 4.74 Å². The van der Waals surface area contributed by atoms with Gasteiger partial charge in [0.15, 0.2) is 0 Å². The molecule has 3 fully saturated rings. The smallest absolute Gasteiger partial charge is 0.410 e. The molecule has 3 saturated heterocycles. The van der Waals surface area contributed by atoms with Crippen molar-refractivity contribution in [2.75, 3.05) is 31.1 Å². The molecule has 1 aromatic carbocycles. The van der Waals surface area contributed by atoms with Gasteiger partial charge in [0.2, 0.25) is 11.8 Å². The average Bonchev–Trinajstić information content (AvgIpc) is 3.06. The number of halogens is 2. The molecule has 3 aliphatic heterocycles. The Balaban J connectivity index is 1.43. The summed E-state index contributed by atoms with van der Waals surface area (Å²) in [5, 5.41) is 2.14. The van der Waals surface area contributed by atoms with Crippen molar-refractivity contribution in [3.05, 3.63) is 29.3 Å². The van der Waals surface area contributed by atoms with Crippen LogP contribution in [0, 0.1) is 17.0 Å². The third-order valence-corrected chi connectivity index (χ3v) is 6.16. The van der Waals surface area contributed by atoms with Gasteiger partial charge in [0.1, 0.15) is 17.2 Å². The van der Waals surface area contributed by atoms with Crippen molar-refractivity contribution in [1.82, 2.24) is 10.2 Å². The molecule has 1 spiro atoms. The largest absolute Gasteiger partial charge is 0.444 e. The minimum Gasteiger partial charge on any atom is -0.444 e. The molecule has 3 aliphatic rings. The number of nitrogens with one attached hydrogen (secondary N) is 1. The van der Waals surface area contributed by atoms with E-state index in [1.165, 1.54) is 12.1 Å². The number of amides is 3. The summed E-state index contributed by atoms with van der Waals surface area (Å²) in [5.74, 6) is -3.67. The van der Waals surface area contributed by atoms with Crippen molar-refractivity contribution in [2.24, 2.45) is 5.41 Å². The first-order valence-electron chi connectivity index (χ1n) is 10.5. The van der Waals surface area contributed by atoms with Crippen molar-refractivity contribution in [3.8, 4) is 0 Å². The van der Waals surface area contributed by atoms with Crippen LogP contribution in [0.25, 0.3) is 0 Å². The minimum atomic E-state index is -1.01. The van der Waals surface area contributed by atoms with E-state index in [9.17, 15) is 23.2 Å². The molecular weight excluding hydrogens is 408 g/mol. The van der Waals surface area contributed by atoms with E-state index in [1.54, 1.807) is 4.90 Å². The van der Waals surface area contributed by atoms with Gasteiger partial charge >= 0.3 is 6.09 Å². The molecule has 4 rings (SSSR count). The van der Waals surface area contributed by atoms with Crippen molar-refractivity contribution < 1.29 is 27.9 Å². The molecule has 1 unspecified atom stereocenters. The quantitative estimate of drug-likeness (QED) is 0.723. The summed E-state index contributed by atoms with van der Waals surface area (Å²) < 4.78 is 35.1.